The molecule has 0 aliphatic heterocycles. The summed E-state index contributed by atoms with van der Waals surface area (Å²) in [6.45, 7) is 1.63. The summed E-state index contributed by atoms with van der Waals surface area (Å²) in [5, 5.41) is 5.55. The van der Waals surface area contributed by atoms with Crippen molar-refractivity contribution in [1.29, 1.82) is 0 Å². The number of nitrogens with zero attached hydrogens (tertiary/aromatic N) is 4. The zero-order valence-corrected chi connectivity index (χ0v) is 18.1. The highest BCUT2D eigenvalue weighted by atomic mass is 16.5. The van der Waals surface area contributed by atoms with Gasteiger partial charge in [-0.05, 0) is 67.9 Å². The SMILES string of the molecule is Nc1ncnc2c1ccn2[C@H]1CC[C@@H](OCc2ccc3ccc(NCC4CC4)nc3c2)C1. The first kappa shape index (κ1) is 19.5. The topological polar surface area (TPSA) is 90.9 Å². The molecule has 0 unspecified atom stereocenters. The van der Waals surface area contributed by atoms with Crippen molar-refractivity contribution in [2.75, 3.05) is 17.6 Å². The van der Waals surface area contributed by atoms with Gasteiger partial charge in [0.05, 0.1) is 23.6 Å². The Labute approximate surface area is 187 Å². The van der Waals surface area contributed by atoms with Crippen LogP contribution >= 0.6 is 0 Å². The van der Waals surface area contributed by atoms with E-state index in [2.05, 4.69) is 56.4 Å². The quantitative estimate of drug-likeness (QED) is 0.444. The second-order valence-electron chi connectivity index (χ2n) is 9.17. The lowest BCUT2D eigenvalue weighted by atomic mass is 10.1. The average molecular weight is 429 g/mol. The number of rotatable bonds is 7. The predicted octanol–water partition coefficient (Wildman–Crippen LogP) is 4.69. The molecular formula is C25H28N6O. The van der Waals surface area contributed by atoms with Gasteiger partial charge in [-0.2, -0.15) is 0 Å². The zero-order chi connectivity index (χ0) is 21.5. The Morgan fingerprint density at radius 3 is 2.88 bits per heavy atom. The molecule has 2 aliphatic carbocycles. The van der Waals surface area contributed by atoms with Gasteiger partial charge in [0.1, 0.15) is 23.6 Å². The first-order valence-electron chi connectivity index (χ1n) is 11.5. The summed E-state index contributed by atoms with van der Waals surface area (Å²) >= 11 is 0. The lowest BCUT2D eigenvalue weighted by Gasteiger charge is -2.15. The Kier molecular flexibility index (Phi) is 4.91. The van der Waals surface area contributed by atoms with Gasteiger partial charge in [-0.15, -0.1) is 0 Å². The molecule has 6 rings (SSSR count). The maximum absolute atomic E-state index is 6.31. The Balaban J connectivity index is 1.10. The van der Waals surface area contributed by atoms with E-state index < -0.39 is 0 Å². The van der Waals surface area contributed by atoms with Crippen molar-refractivity contribution in [1.82, 2.24) is 19.5 Å². The van der Waals surface area contributed by atoms with Crippen LogP contribution in [-0.2, 0) is 11.3 Å². The standard InChI is InChI=1S/C25H28N6O/c26-24-21-9-10-31(25(21)29-15-28-24)19-6-7-20(12-19)32-14-17-3-4-18-5-8-23(30-22(18)11-17)27-13-16-1-2-16/h3-5,8-11,15-16,19-20H,1-2,6-7,12-14H2,(H,27,30)(H2,26,28,29)/t19-,20+/m0/s1. The molecule has 7 nitrogen and oxygen atoms in total. The van der Waals surface area contributed by atoms with Crippen molar-refractivity contribution in [2.45, 2.75) is 50.9 Å². The largest absolute Gasteiger partial charge is 0.383 e. The van der Waals surface area contributed by atoms with Crippen molar-refractivity contribution in [3.05, 3.63) is 54.5 Å². The van der Waals surface area contributed by atoms with Crippen LogP contribution in [0.25, 0.3) is 21.9 Å². The van der Waals surface area contributed by atoms with Gasteiger partial charge in [0.15, 0.2) is 0 Å². The minimum Gasteiger partial charge on any atom is -0.383 e. The van der Waals surface area contributed by atoms with Crippen LogP contribution in [0, 0.1) is 5.92 Å². The lowest BCUT2D eigenvalue weighted by molar-refractivity contribution is 0.0434. The summed E-state index contributed by atoms with van der Waals surface area (Å²) in [6.07, 6.45) is 9.64. The predicted molar refractivity (Wildman–Crippen MR) is 126 cm³/mol. The molecule has 4 aromatic rings. The van der Waals surface area contributed by atoms with E-state index in [-0.39, 0.29) is 6.10 Å². The summed E-state index contributed by atoms with van der Waals surface area (Å²) in [6, 6.07) is 13.0. The minimum atomic E-state index is 0.242. The Bertz CT molecular complexity index is 1260. The average Bonchev–Trinajstić information content (AvgIpc) is 3.34. The monoisotopic (exact) mass is 428 g/mol. The first-order chi connectivity index (χ1) is 15.7. The van der Waals surface area contributed by atoms with E-state index in [0.717, 1.165) is 59.5 Å². The van der Waals surface area contributed by atoms with E-state index in [1.807, 2.05) is 6.07 Å². The normalized spacial score (nSPS) is 20.9. The number of pyridine rings is 1. The number of nitrogens with one attached hydrogen (secondary N) is 1. The molecule has 32 heavy (non-hydrogen) atoms. The maximum Gasteiger partial charge on any atom is 0.145 e. The Hall–Kier alpha value is -3.19. The summed E-state index contributed by atoms with van der Waals surface area (Å²) in [5.74, 6) is 2.33. The van der Waals surface area contributed by atoms with Gasteiger partial charge < -0.3 is 20.4 Å². The van der Waals surface area contributed by atoms with E-state index in [1.54, 1.807) is 0 Å². The molecule has 2 fully saturated rings. The number of nitrogen functional groups attached to an aromatic ring is 1. The highest BCUT2D eigenvalue weighted by Gasteiger charge is 2.28. The lowest BCUT2D eigenvalue weighted by Crippen LogP contribution is -2.11. The number of benzene rings is 1. The third-order valence-corrected chi connectivity index (χ3v) is 6.80. The summed E-state index contributed by atoms with van der Waals surface area (Å²) < 4.78 is 8.53. The third-order valence-electron chi connectivity index (χ3n) is 6.80. The molecule has 1 aromatic carbocycles. The molecule has 2 aliphatic rings. The number of aromatic nitrogens is 4. The molecule has 0 radical (unpaired) electrons. The van der Waals surface area contributed by atoms with E-state index in [1.165, 1.54) is 24.7 Å². The number of nitrogens with two attached hydrogens (primary N) is 1. The second-order valence-corrected chi connectivity index (χ2v) is 9.17. The molecule has 164 valence electrons. The number of hydrogen-bond acceptors (Lipinski definition) is 6. The van der Waals surface area contributed by atoms with Gasteiger partial charge in [0.2, 0.25) is 0 Å². The molecule has 0 bridgehead atoms. The van der Waals surface area contributed by atoms with Gasteiger partial charge in [0, 0.05) is 24.2 Å². The molecular weight excluding hydrogens is 400 g/mol. The molecule has 2 saturated carbocycles. The molecule has 2 atom stereocenters. The van der Waals surface area contributed by atoms with Crippen LogP contribution in [0.1, 0.15) is 43.7 Å². The van der Waals surface area contributed by atoms with Gasteiger partial charge in [0.25, 0.3) is 0 Å². The molecule has 0 amide bonds. The summed E-state index contributed by atoms with van der Waals surface area (Å²) in [7, 11) is 0. The molecule has 0 saturated heterocycles. The highest BCUT2D eigenvalue weighted by molar-refractivity contribution is 5.86. The van der Waals surface area contributed by atoms with Crippen LogP contribution in [0.3, 0.4) is 0 Å². The number of hydrogen-bond donors (Lipinski definition) is 2. The highest BCUT2D eigenvalue weighted by Crippen LogP contribution is 2.35. The van der Waals surface area contributed by atoms with Crippen LogP contribution < -0.4 is 11.1 Å². The van der Waals surface area contributed by atoms with Gasteiger partial charge in [-0.3, -0.25) is 0 Å². The van der Waals surface area contributed by atoms with Crippen molar-refractivity contribution < 1.29 is 4.74 Å². The fraction of sp³-hybridized carbons (Fsp3) is 0.400. The van der Waals surface area contributed by atoms with Gasteiger partial charge in [-0.25, -0.2) is 15.0 Å². The molecule has 3 aromatic heterocycles. The summed E-state index contributed by atoms with van der Waals surface area (Å²) in [5.41, 5.74) is 9.09. The van der Waals surface area contributed by atoms with E-state index in [4.69, 9.17) is 15.5 Å². The number of fused-ring (bicyclic) bond motifs is 2. The van der Waals surface area contributed by atoms with Crippen LogP contribution in [0.5, 0.6) is 0 Å². The van der Waals surface area contributed by atoms with Crippen LogP contribution in [-0.4, -0.2) is 32.2 Å². The second kappa shape index (κ2) is 8.06. The van der Waals surface area contributed by atoms with Crippen molar-refractivity contribution >= 4 is 33.6 Å². The van der Waals surface area contributed by atoms with Crippen molar-refractivity contribution in [3.63, 3.8) is 0 Å². The molecule has 3 heterocycles. The van der Waals surface area contributed by atoms with Crippen LogP contribution in [0.15, 0.2) is 48.9 Å². The summed E-state index contributed by atoms with van der Waals surface area (Å²) in [4.78, 5) is 13.3. The Morgan fingerprint density at radius 2 is 1.97 bits per heavy atom. The number of anilines is 2. The van der Waals surface area contributed by atoms with Crippen molar-refractivity contribution in [2.24, 2.45) is 5.92 Å². The molecule has 0 spiro atoms. The Morgan fingerprint density at radius 1 is 1.06 bits per heavy atom. The van der Waals surface area contributed by atoms with Crippen LogP contribution in [0.2, 0.25) is 0 Å². The van der Waals surface area contributed by atoms with Gasteiger partial charge in [-0.1, -0.05) is 12.1 Å². The molecule has 7 heteroatoms. The van der Waals surface area contributed by atoms with E-state index in [9.17, 15) is 0 Å². The van der Waals surface area contributed by atoms with Crippen molar-refractivity contribution in [3.8, 4) is 0 Å². The fourth-order valence-electron chi connectivity index (χ4n) is 4.74. The van der Waals surface area contributed by atoms with E-state index in [0.29, 0.717) is 18.5 Å². The first-order valence-corrected chi connectivity index (χ1v) is 11.5. The number of ether oxygens (including phenoxy) is 1. The van der Waals surface area contributed by atoms with E-state index >= 15 is 0 Å². The fourth-order valence-corrected chi connectivity index (χ4v) is 4.74. The maximum atomic E-state index is 6.31. The zero-order valence-electron chi connectivity index (χ0n) is 18.1. The van der Waals surface area contributed by atoms with Crippen LogP contribution in [0.4, 0.5) is 11.6 Å². The third kappa shape index (κ3) is 3.88. The smallest absolute Gasteiger partial charge is 0.145 e. The molecule has 3 N–H and O–H groups in total. The van der Waals surface area contributed by atoms with Gasteiger partial charge >= 0.3 is 0 Å². The minimum absolute atomic E-state index is 0.242.